The van der Waals surface area contributed by atoms with Gasteiger partial charge in [0.2, 0.25) is 5.91 Å². The maximum absolute atomic E-state index is 12.7. The maximum Gasteiger partial charge on any atom is 0.228 e. The lowest BCUT2D eigenvalue weighted by Gasteiger charge is -2.34. The van der Waals surface area contributed by atoms with Crippen molar-refractivity contribution in [2.45, 2.75) is 12.5 Å². The number of nitrogens with zero attached hydrogens (tertiary/aromatic N) is 4. The summed E-state index contributed by atoms with van der Waals surface area (Å²) in [6.07, 6.45) is 1.87. The highest BCUT2D eigenvalue weighted by molar-refractivity contribution is 5.78. The van der Waals surface area contributed by atoms with Gasteiger partial charge in [-0.2, -0.15) is 15.0 Å². The number of piperazine rings is 1. The van der Waals surface area contributed by atoms with E-state index in [4.69, 9.17) is 0 Å². The molecule has 0 bridgehead atoms. The number of rotatable bonds is 4. The van der Waals surface area contributed by atoms with Gasteiger partial charge in [-0.05, 0) is 29.8 Å². The van der Waals surface area contributed by atoms with Crippen LogP contribution in [0.15, 0.2) is 60.8 Å². The zero-order valence-electron chi connectivity index (χ0n) is 14.8. The number of nitrogens with one attached hydrogen (secondary N) is 1. The van der Waals surface area contributed by atoms with E-state index in [0.29, 0.717) is 18.8 Å². The quantitative estimate of drug-likeness (QED) is 0.737. The Labute approximate surface area is 157 Å². The fourth-order valence-corrected chi connectivity index (χ4v) is 3.23. The second-order valence-electron chi connectivity index (χ2n) is 6.58. The van der Waals surface area contributed by atoms with Crippen LogP contribution in [0.25, 0.3) is 5.69 Å². The van der Waals surface area contributed by atoms with Gasteiger partial charge in [0, 0.05) is 25.7 Å². The number of phenols is 1. The molecule has 27 heavy (non-hydrogen) atoms. The van der Waals surface area contributed by atoms with Crippen LogP contribution >= 0.6 is 0 Å². The predicted octanol–water partition coefficient (Wildman–Crippen LogP) is 1.69. The van der Waals surface area contributed by atoms with Crippen molar-refractivity contribution in [2.75, 3.05) is 19.6 Å². The third kappa shape index (κ3) is 3.98. The lowest BCUT2D eigenvalue weighted by Crippen LogP contribution is -2.48. The number of para-hydroxylation sites is 1. The summed E-state index contributed by atoms with van der Waals surface area (Å²) in [5.74, 6) is 0.282. The smallest absolute Gasteiger partial charge is 0.228 e. The third-order valence-corrected chi connectivity index (χ3v) is 4.68. The normalized spacial score (nSPS) is 17.0. The minimum absolute atomic E-state index is 0.0420. The van der Waals surface area contributed by atoms with Gasteiger partial charge >= 0.3 is 0 Å². The Bertz CT molecular complexity index is 908. The fraction of sp³-hybridized carbons (Fsp3) is 0.250. The van der Waals surface area contributed by atoms with Gasteiger partial charge in [-0.25, -0.2) is 0 Å². The number of aromatic hydroxyl groups is 1. The van der Waals surface area contributed by atoms with Gasteiger partial charge < -0.3 is 15.3 Å². The third-order valence-electron chi connectivity index (χ3n) is 4.68. The summed E-state index contributed by atoms with van der Waals surface area (Å²) >= 11 is 0. The van der Waals surface area contributed by atoms with E-state index in [-0.39, 0.29) is 24.1 Å². The molecule has 0 spiro atoms. The molecule has 4 rings (SSSR count). The topological polar surface area (TPSA) is 83.3 Å². The number of hydrogen-bond acceptors (Lipinski definition) is 5. The molecule has 1 atom stereocenters. The Morgan fingerprint density at radius 3 is 2.70 bits per heavy atom. The van der Waals surface area contributed by atoms with Crippen LogP contribution in [-0.4, -0.2) is 50.5 Å². The van der Waals surface area contributed by atoms with E-state index in [0.717, 1.165) is 17.8 Å². The van der Waals surface area contributed by atoms with Crippen molar-refractivity contribution in [2.24, 2.45) is 0 Å². The number of carbonyl (C=O) groups is 1. The monoisotopic (exact) mass is 363 g/mol. The van der Waals surface area contributed by atoms with E-state index in [1.165, 1.54) is 0 Å². The SMILES string of the molecule is O=C(Cc1cnn(-c2ccccc2)n1)N1CCNC(c2ccc(O)cc2)C1. The first-order valence-electron chi connectivity index (χ1n) is 8.96. The molecular formula is C20H21N5O2. The average molecular weight is 363 g/mol. The second kappa shape index (κ2) is 7.59. The van der Waals surface area contributed by atoms with Crippen molar-refractivity contribution in [3.63, 3.8) is 0 Å². The van der Waals surface area contributed by atoms with E-state index in [1.807, 2.05) is 47.4 Å². The fourth-order valence-electron chi connectivity index (χ4n) is 3.23. The van der Waals surface area contributed by atoms with Crippen LogP contribution in [0, 0.1) is 0 Å². The molecule has 0 radical (unpaired) electrons. The molecule has 7 nitrogen and oxygen atoms in total. The minimum Gasteiger partial charge on any atom is -0.508 e. The van der Waals surface area contributed by atoms with E-state index >= 15 is 0 Å². The van der Waals surface area contributed by atoms with E-state index in [2.05, 4.69) is 15.5 Å². The van der Waals surface area contributed by atoms with Crippen LogP contribution in [0.2, 0.25) is 0 Å². The van der Waals surface area contributed by atoms with E-state index in [9.17, 15) is 9.90 Å². The number of amides is 1. The number of benzene rings is 2. The van der Waals surface area contributed by atoms with Crippen LogP contribution in [0.3, 0.4) is 0 Å². The van der Waals surface area contributed by atoms with Crippen LogP contribution in [0.1, 0.15) is 17.3 Å². The van der Waals surface area contributed by atoms with Gasteiger partial charge in [-0.15, -0.1) is 0 Å². The van der Waals surface area contributed by atoms with Crippen LogP contribution in [-0.2, 0) is 11.2 Å². The average Bonchev–Trinajstić information content (AvgIpc) is 3.18. The first-order chi connectivity index (χ1) is 13.2. The Morgan fingerprint density at radius 2 is 1.93 bits per heavy atom. The highest BCUT2D eigenvalue weighted by atomic mass is 16.3. The van der Waals surface area contributed by atoms with Crippen molar-refractivity contribution < 1.29 is 9.90 Å². The van der Waals surface area contributed by atoms with Gasteiger partial charge in [-0.1, -0.05) is 30.3 Å². The van der Waals surface area contributed by atoms with Crippen molar-refractivity contribution in [1.29, 1.82) is 0 Å². The van der Waals surface area contributed by atoms with Crippen LogP contribution in [0.5, 0.6) is 5.75 Å². The molecule has 2 heterocycles. The molecule has 0 aliphatic carbocycles. The summed E-state index contributed by atoms with van der Waals surface area (Å²) in [5.41, 5.74) is 2.58. The van der Waals surface area contributed by atoms with Gasteiger partial charge in [-0.3, -0.25) is 4.79 Å². The summed E-state index contributed by atoms with van der Waals surface area (Å²) in [7, 11) is 0. The van der Waals surface area contributed by atoms with Crippen molar-refractivity contribution in [1.82, 2.24) is 25.2 Å². The van der Waals surface area contributed by atoms with Crippen molar-refractivity contribution >= 4 is 5.91 Å². The van der Waals surface area contributed by atoms with E-state index < -0.39 is 0 Å². The van der Waals surface area contributed by atoms with Gasteiger partial charge in [0.1, 0.15) is 5.75 Å². The molecule has 1 amide bonds. The molecule has 0 saturated carbocycles. The molecule has 138 valence electrons. The lowest BCUT2D eigenvalue weighted by molar-refractivity contribution is -0.131. The number of phenolic OH excluding ortho intramolecular Hbond substituents is 1. The highest BCUT2D eigenvalue weighted by Crippen LogP contribution is 2.20. The highest BCUT2D eigenvalue weighted by Gasteiger charge is 2.25. The van der Waals surface area contributed by atoms with Gasteiger partial charge in [0.25, 0.3) is 0 Å². The zero-order chi connectivity index (χ0) is 18.6. The van der Waals surface area contributed by atoms with Crippen molar-refractivity contribution in [3.05, 3.63) is 72.1 Å². The van der Waals surface area contributed by atoms with Crippen LogP contribution in [0.4, 0.5) is 0 Å². The van der Waals surface area contributed by atoms with Gasteiger partial charge in [0.15, 0.2) is 0 Å². The predicted molar refractivity (Wildman–Crippen MR) is 100 cm³/mol. The maximum atomic E-state index is 12.7. The molecule has 1 aliphatic rings. The first-order valence-corrected chi connectivity index (χ1v) is 8.96. The molecule has 1 fully saturated rings. The van der Waals surface area contributed by atoms with Crippen LogP contribution < -0.4 is 5.32 Å². The molecule has 1 aliphatic heterocycles. The largest absolute Gasteiger partial charge is 0.508 e. The molecule has 1 aromatic heterocycles. The molecule has 2 aromatic carbocycles. The Morgan fingerprint density at radius 1 is 1.15 bits per heavy atom. The number of hydrogen-bond donors (Lipinski definition) is 2. The lowest BCUT2D eigenvalue weighted by atomic mass is 10.0. The molecule has 1 unspecified atom stereocenters. The standard InChI is InChI=1S/C20H21N5O2/c26-18-8-6-15(7-9-18)19-14-24(11-10-21-19)20(27)12-16-13-22-25(23-16)17-4-2-1-3-5-17/h1-9,13,19,21,26H,10-12,14H2. The summed E-state index contributed by atoms with van der Waals surface area (Å²) in [6.45, 7) is 1.99. The first kappa shape index (κ1) is 17.2. The minimum atomic E-state index is 0.0420. The summed E-state index contributed by atoms with van der Waals surface area (Å²) in [5, 5.41) is 21.5. The molecular weight excluding hydrogens is 342 g/mol. The molecule has 1 saturated heterocycles. The zero-order valence-corrected chi connectivity index (χ0v) is 14.8. The van der Waals surface area contributed by atoms with E-state index in [1.54, 1.807) is 23.1 Å². The summed E-state index contributed by atoms with van der Waals surface area (Å²) in [6, 6.07) is 16.8. The second-order valence-corrected chi connectivity index (χ2v) is 6.58. The van der Waals surface area contributed by atoms with Gasteiger partial charge in [0.05, 0.1) is 24.0 Å². The number of aromatic nitrogens is 3. The molecule has 2 N–H and O–H groups in total. The Kier molecular flexibility index (Phi) is 4.84. The van der Waals surface area contributed by atoms with Crippen molar-refractivity contribution in [3.8, 4) is 11.4 Å². The summed E-state index contributed by atoms with van der Waals surface area (Å²) in [4.78, 5) is 16.1. The summed E-state index contributed by atoms with van der Waals surface area (Å²) < 4.78 is 0. The Balaban J connectivity index is 1.41. The molecule has 3 aromatic rings. The molecule has 7 heteroatoms. The number of carbonyl (C=O) groups excluding carboxylic acids is 1. The Hall–Kier alpha value is -3.19.